The van der Waals surface area contributed by atoms with Crippen LogP contribution in [-0.4, -0.2) is 11.5 Å². The molecule has 0 radical (unpaired) electrons. The molecule has 1 aromatic carbocycles. The Morgan fingerprint density at radius 3 is 2.94 bits per heavy atom. The lowest BCUT2D eigenvalue weighted by molar-refractivity contribution is 1.26. The first-order valence-electron chi connectivity index (χ1n) is 5.79. The average molecular weight is 306 g/mol. The fourth-order valence-corrected chi connectivity index (χ4v) is 2.10. The Kier molecular flexibility index (Phi) is 3.87. The molecule has 0 bridgehead atoms. The Morgan fingerprint density at radius 1 is 1.44 bits per heavy atom. The summed E-state index contributed by atoms with van der Waals surface area (Å²) in [6.45, 7) is 4.91. The van der Waals surface area contributed by atoms with Crippen LogP contribution < -0.4 is 11.1 Å². The molecule has 0 aliphatic heterocycles. The maximum atomic E-state index is 5.99. The van der Waals surface area contributed by atoms with Gasteiger partial charge in [-0.3, -0.25) is 4.98 Å². The van der Waals surface area contributed by atoms with Crippen LogP contribution in [0, 0.1) is 0 Å². The average Bonchev–Trinajstić information content (AvgIpc) is 2.31. The number of nitrogens with one attached hydrogen (secondary N) is 1. The zero-order valence-electron chi connectivity index (χ0n) is 10.5. The molecule has 4 heteroatoms. The van der Waals surface area contributed by atoms with Crippen molar-refractivity contribution in [2.24, 2.45) is 0 Å². The second-order valence-corrected chi connectivity index (χ2v) is 5.33. The van der Waals surface area contributed by atoms with Crippen LogP contribution in [0.25, 0.3) is 10.9 Å². The van der Waals surface area contributed by atoms with E-state index in [0.717, 1.165) is 27.6 Å². The van der Waals surface area contributed by atoms with Crippen molar-refractivity contribution < 1.29 is 0 Å². The summed E-state index contributed by atoms with van der Waals surface area (Å²) >= 11 is 3.47. The van der Waals surface area contributed by atoms with Gasteiger partial charge in [-0.2, -0.15) is 0 Å². The third-order valence-electron chi connectivity index (χ3n) is 2.65. The molecule has 0 aliphatic carbocycles. The third-order valence-corrected chi connectivity index (χ3v) is 3.14. The van der Waals surface area contributed by atoms with Crippen molar-refractivity contribution in [3.05, 3.63) is 40.5 Å². The van der Waals surface area contributed by atoms with E-state index in [9.17, 15) is 0 Å². The molecule has 2 rings (SSSR count). The van der Waals surface area contributed by atoms with Gasteiger partial charge in [-0.15, -0.1) is 0 Å². The van der Waals surface area contributed by atoms with E-state index in [1.54, 1.807) is 6.20 Å². The van der Waals surface area contributed by atoms with Gasteiger partial charge >= 0.3 is 0 Å². The Morgan fingerprint density at radius 2 is 2.22 bits per heavy atom. The van der Waals surface area contributed by atoms with Crippen molar-refractivity contribution in [3.63, 3.8) is 0 Å². The fraction of sp³-hybridized carbons (Fsp3) is 0.214. The van der Waals surface area contributed by atoms with Crippen LogP contribution in [0.2, 0.25) is 0 Å². The number of hydrogen-bond donors (Lipinski definition) is 2. The van der Waals surface area contributed by atoms with Gasteiger partial charge in [0.25, 0.3) is 0 Å². The molecule has 0 saturated heterocycles. The molecule has 1 aromatic heterocycles. The van der Waals surface area contributed by atoms with Gasteiger partial charge in [0.05, 0.1) is 23.1 Å². The number of nitrogens with zero attached hydrogens (tertiary/aromatic N) is 1. The van der Waals surface area contributed by atoms with E-state index in [1.807, 2.05) is 18.2 Å². The zero-order valence-corrected chi connectivity index (χ0v) is 12.1. The smallest absolute Gasteiger partial charge is 0.0743 e. The highest BCUT2D eigenvalue weighted by Gasteiger charge is 2.06. The van der Waals surface area contributed by atoms with Crippen LogP contribution in [0.1, 0.15) is 13.8 Å². The van der Waals surface area contributed by atoms with Crippen LogP contribution in [0.15, 0.2) is 40.5 Å². The minimum Gasteiger partial charge on any atom is -0.396 e. The number of nitrogens with two attached hydrogens (primary N) is 1. The topological polar surface area (TPSA) is 50.9 Å². The van der Waals surface area contributed by atoms with Gasteiger partial charge in [0.15, 0.2) is 0 Å². The maximum absolute atomic E-state index is 5.99. The predicted molar refractivity (Wildman–Crippen MR) is 81.8 cm³/mol. The van der Waals surface area contributed by atoms with Crippen LogP contribution in [0.4, 0.5) is 11.4 Å². The molecule has 18 heavy (non-hydrogen) atoms. The molecule has 0 atom stereocenters. The highest BCUT2D eigenvalue weighted by Crippen LogP contribution is 2.29. The van der Waals surface area contributed by atoms with Crippen molar-refractivity contribution in [2.75, 3.05) is 17.6 Å². The Bertz CT molecular complexity index is 596. The molecular weight excluding hydrogens is 290 g/mol. The molecule has 0 fully saturated rings. The minimum atomic E-state index is 0.669. The molecule has 0 saturated carbocycles. The largest absolute Gasteiger partial charge is 0.396 e. The van der Waals surface area contributed by atoms with Gasteiger partial charge in [-0.05, 0) is 32.0 Å². The number of hydrogen-bond acceptors (Lipinski definition) is 3. The second-order valence-electron chi connectivity index (χ2n) is 4.41. The maximum Gasteiger partial charge on any atom is 0.0743 e. The van der Waals surface area contributed by atoms with Crippen LogP contribution in [0.3, 0.4) is 0 Å². The third kappa shape index (κ3) is 2.82. The van der Waals surface area contributed by atoms with Crippen molar-refractivity contribution in [1.29, 1.82) is 0 Å². The molecule has 0 unspecified atom stereocenters. The minimum absolute atomic E-state index is 0.669. The lowest BCUT2D eigenvalue weighted by atomic mass is 10.1. The summed E-state index contributed by atoms with van der Waals surface area (Å²) in [7, 11) is 0. The summed E-state index contributed by atoms with van der Waals surface area (Å²) in [4.78, 5) is 4.32. The second kappa shape index (κ2) is 5.40. The number of pyridine rings is 1. The number of benzene rings is 1. The number of aromatic nitrogens is 1. The molecule has 0 aliphatic rings. The molecule has 0 spiro atoms. The van der Waals surface area contributed by atoms with Gasteiger partial charge in [-0.1, -0.05) is 27.6 Å². The van der Waals surface area contributed by atoms with E-state index >= 15 is 0 Å². The normalized spacial score (nSPS) is 10.4. The molecule has 0 amide bonds. The highest BCUT2D eigenvalue weighted by molar-refractivity contribution is 9.10. The van der Waals surface area contributed by atoms with E-state index in [0.29, 0.717) is 5.69 Å². The van der Waals surface area contributed by atoms with Crippen molar-refractivity contribution in [2.45, 2.75) is 13.8 Å². The van der Waals surface area contributed by atoms with Crippen LogP contribution in [0.5, 0.6) is 0 Å². The SMILES string of the molecule is CC(C)=CCNc1c(N)cnc2ccc(Br)cc12. The molecule has 3 N–H and O–H groups in total. The molecule has 94 valence electrons. The Labute approximate surface area is 115 Å². The summed E-state index contributed by atoms with van der Waals surface area (Å²) in [6.07, 6.45) is 3.82. The first-order chi connectivity index (χ1) is 8.58. The van der Waals surface area contributed by atoms with Crippen LogP contribution >= 0.6 is 15.9 Å². The van der Waals surface area contributed by atoms with Gasteiger partial charge in [0, 0.05) is 16.4 Å². The molecule has 2 aromatic rings. The summed E-state index contributed by atoms with van der Waals surface area (Å²) in [6, 6.07) is 5.99. The number of fused-ring (bicyclic) bond motifs is 1. The van der Waals surface area contributed by atoms with Crippen LogP contribution in [-0.2, 0) is 0 Å². The summed E-state index contributed by atoms with van der Waals surface area (Å²) in [5.74, 6) is 0. The molecule has 1 heterocycles. The summed E-state index contributed by atoms with van der Waals surface area (Å²) < 4.78 is 1.02. The number of halogens is 1. The van der Waals surface area contributed by atoms with E-state index < -0.39 is 0 Å². The lowest BCUT2D eigenvalue weighted by Crippen LogP contribution is -2.04. The standard InChI is InChI=1S/C14H16BrN3/c1-9(2)5-6-17-14-11-7-10(15)3-4-13(11)18-8-12(14)16/h3-5,7-8H,6,16H2,1-2H3,(H,17,18). The molecular formula is C14H16BrN3. The van der Waals surface area contributed by atoms with E-state index in [1.165, 1.54) is 5.57 Å². The van der Waals surface area contributed by atoms with E-state index in [-0.39, 0.29) is 0 Å². The first-order valence-corrected chi connectivity index (χ1v) is 6.58. The van der Waals surface area contributed by atoms with Crippen molar-refractivity contribution in [1.82, 2.24) is 4.98 Å². The van der Waals surface area contributed by atoms with E-state index in [4.69, 9.17) is 5.73 Å². The van der Waals surface area contributed by atoms with Crippen molar-refractivity contribution in [3.8, 4) is 0 Å². The Balaban J connectivity index is 2.43. The lowest BCUT2D eigenvalue weighted by Gasteiger charge is -2.11. The number of anilines is 2. The predicted octanol–water partition coefficient (Wildman–Crippen LogP) is 3.96. The van der Waals surface area contributed by atoms with Crippen molar-refractivity contribution >= 4 is 38.2 Å². The van der Waals surface area contributed by atoms with Gasteiger partial charge in [0.1, 0.15) is 0 Å². The van der Waals surface area contributed by atoms with Gasteiger partial charge in [-0.25, -0.2) is 0 Å². The highest BCUT2D eigenvalue weighted by atomic mass is 79.9. The van der Waals surface area contributed by atoms with E-state index in [2.05, 4.69) is 46.2 Å². The molecule has 3 nitrogen and oxygen atoms in total. The number of nitrogen functional groups attached to an aromatic ring is 1. The Hall–Kier alpha value is -1.55. The summed E-state index contributed by atoms with van der Waals surface area (Å²) in [5, 5.41) is 4.39. The monoisotopic (exact) mass is 305 g/mol. The van der Waals surface area contributed by atoms with Gasteiger partial charge < -0.3 is 11.1 Å². The van der Waals surface area contributed by atoms with Gasteiger partial charge in [0.2, 0.25) is 0 Å². The first kappa shape index (κ1) is 12.9. The quantitative estimate of drug-likeness (QED) is 0.844. The number of allylic oxidation sites excluding steroid dienone is 1. The summed E-state index contributed by atoms with van der Waals surface area (Å²) in [5.41, 5.74) is 9.82. The zero-order chi connectivity index (χ0) is 13.1. The number of rotatable bonds is 3. The fourth-order valence-electron chi connectivity index (χ4n) is 1.73.